The van der Waals surface area contributed by atoms with E-state index in [1.807, 2.05) is 17.0 Å². The van der Waals surface area contributed by atoms with Crippen LogP contribution in [-0.4, -0.2) is 68.7 Å². The van der Waals surface area contributed by atoms with Crippen molar-refractivity contribution in [2.75, 3.05) is 50.8 Å². The van der Waals surface area contributed by atoms with Gasteiger partial charge in [0.2, 0.25) is 11.8 Å². The number of hydrogen-bond acceptors (Lipinski definition) is 5. The summed E-state index contributed by atoms with van der Waals surface area (Å²) >= 11 is 0. The van der Waals surface area contributed by atoms with Crippen LogP contribution in [0.1, 0.15) is 18.9 Å². The van der Waals surface area contributed by atoms with E-state index in [1.165, 1.54) is 0 Å². The van der Waals surface area contributed by atoms with Crippen LogP contribution < -0.4 is 15.5 Å². The van der Waals surface area contributed by atoms with Crippen molar-refractivity contribution < 1.29 is 14.3 Å². The quantitative estimate of drug-likeness (QED) is 0.793. The molecule has 0 saturated carbocycles. The van der Waals surface area contributed by atoms with E-state index in [1.54, 1.807) is 6.92 Å². The molecule has 1 unspecified atom stereocenters. The van der Waals surface area contributed by atoms with Crippen LogP contribution in [0.15, 0.2) is 24.3 Å². The largest absolute Gasteiger partial charge is 0.378 e. The van der Waals surface area contributed by atoms with Gasteiger partial charge in [-0.3, -0.25) is 9.59 Å². The molecular formula is C19H28N4O3. The first kappa shape index (κ1) is 18.7. The first-order valence-corrected chi connectivity index (χ1v) is 9.29. The lowest BCUT2D eigenvalue weighted by Gasteiger charge is -2.36. The molecule has 142 valence electrons. The summed E-state index contributed by atoms with van der Waals surface area (Å²) in [6.07, 6.45) is 0.430. The number of carbonyl (C=O) groups excluding carboxylic acids is 2. The van der Waals surface area contributed by atoms with Gasteiger partial charge in [-0.05, 0) is 11.6 Å². The van der Waals surface area contributed by atoms with Crippen LogP contribution in [0.2, 0.25) is 0 Å². The van der Waals surface area contributed by atoms with Crippen LogP contribution in [0, 0.1) is 0 Å². The molecule has 0 aliphatic carbocycles. The Morgan fingerprint density at radius 1 is 1.23 bits per heavy atom. The van der Waals surface area contributed by atoms with Gasteiger partial charge >= 0.3 is 0 Å². The van der Waals surface area contributed by atoms with Crippen LogP contribution in [0.3, 0.4) is 0 Å². The van der Waals surface area contributed by atoms with Gasteiger partial charge < -0.3 is 25.2 Å². The minimum Gasteiger partial charge on any atom is -0.378 e. The maximum absolute atomic E-state index is 12.2. The molecule has 26 heavy (non-hydrogen) atoms. The number of anilines is 1. The summed E-state index contributed by atoms with van der Waals surface area (Å²) in [5.74, 6) is 0.162. The lowest BCUT2D eigenvalue weighted by molar-refractivity contribution is -0.129. The fraction of sp³-hybridized carbons (Fsp3) is 0.579. The van der Waals surface area contributed by atoms with Gasteiger partial charge in [0.15, 0.2) is 0 Å². The summed E-state index contributed by atoms with van der Waals surface area (Å²) in [7, 11) is 0. The molecule has 3 rings (SSSR count). The van der Waals surface area contributed by atoms with E-state index in [2.05, 4.69) is 27.7 Å². The molecule has 7 heteroatoms. The summed E-state index contributed by atoms with van der Waals surface area (Å²) < 4.78 is 5.39. The number of hydrogen-bond donors (Lipinski definition) is 2. The standard InChI is InChI=1S/C19H28N4O3/c1-15(24)22-7-9-23(10-8-22)18-5-3-2-4-16(18)13-21-19(25)12-17-14-26-11-6-20-17/h2-5,17,20H,6-14H2,1H3,(H,21,25). The number of nitrogens with zero attached hydrogens (tertiary/aromatic N) is 2. The van der Waals surface area contributed by atoms with Crippen molar-refractivity contribution in [3.05, 3.63) is 29.8 Å². The predicted molar refractivity (Wildman–Crippen MR) is 100.0 cm³/mol. The molecule has 2 saturated heterocycles. The molecule has 7 nitrogen and oxygen atoms in total. The number of benzene rings is 1. The Bertz CT molecular complexity index is 623. The molecule has 2 aliphatic rings. The molecule has 2 heterocycles. The normalized spacial score (nSPS) is 20.7. The van der Waals surface area contributed by atoms with Crippen molar-refractivity contribution in [2.45, 2.75) is 25.9 Å². The molecule has 0 aromatic heterocycles. The third-order valence-corrected chi connectivity index (χ3v) is 4.96. The van der Waals surface area contributed by atoms with Gasteiger partial charge in [-0.1, -0.05) is 18.2 Å². The van der Waals surface area contributed by atoms with E-state index < -0.39 is 0 Å². The number of nitrogens with one attached hydrogen (secondary N) is 2. The Hall–Kier alpha value is -2.12. The molecule has 1 aromatic carbocycles. The molecule has 0 bridgehead atoms. The van der Waals surface area contributed by atoms with Crippen molar-refractivity contribution in [3.8, 4) is 0 Å². The van der Waals surface area contributed by atoms with E-state index in [-0.39, 0.29) is 17.9 Å². The summed E-state index contributed by atoms with van der Waals surface area (Å²) in [6.45, 7) is 7.33. The number of rotatable bonds is 5. The van der Waals surface area contributed by atoms with Crippen LogP contribution in [0.4, 0.5) is 5.69 Å². The number of carbonyl (C=O) groups is 2. The molecule has 2 N–H and O–H groups in total. The Morgan fingerprint density at radius 3 is 2.69 bits per heavy atom. The molecule has 2 aliphatic heterocycles. The maximum Gasteiger partial charge on any atom is 0.221 e. The zero-order chi connectivity index (χ0) is 18.4. The molecule has 1 aromatic rings. The van der Waals surface area contributed by atoms with Gasteiger partial charge in [-0.2, -0.15) is 0 Å². The zero-order valence-electron chi connectivity index (χ0n) is 15.4. The SMILES string of the molecule is CC(=O)N1CCN(c2ccccc2CNC(=O)CC2COCCN2)CC1. The van der Waals surface area contributed by atoms with Crippen molar-refractivity contribution in [1.82, 2.24) is 15.5 Å². The van der Waals surface area contributed by atoms with Crippen LogP contribution >= 0.6 is 0 Å². The lowest BCUT2D eigenvalue weighted by atomic mass is 10.1. The maximum atomic E-state index is 12.2. The molecule has 0 radical (unpaired) electrons. The molecule has 1 atom stereocenters. The van der Waals surface area contributed by atoms with Crippen molar-refractivity contribution in [3.63, 3.8) is 0 Å². The Balaban J connectivity index is 1.54. The third-order valence-electron chi connectivity index (χ3n) is 4.96. The van der Waals surface area contributed by atoms with Gasteiger partial charge in [0.1, 0.15) is 0 Å². The molecule has 0 spiro atoms. The second-order valence-corrected chi connectivity index (χ2v) is 6.83. The van der Waals surface area contributed by atoms with Crippen molar-refractivity contribution in [1.29, 1.82) is 0 Å². The Labute approximate surface area is 154 Å². The topological polar surface area (TPSA) is 73.9 Å². The van der Waals surface area contributed by atoms with Gasteiger partial charge in [0.25, 0.3) is 0 Å². The summed E-state index contributed by atoms with van der Waals surface area (Å²) in [4.78, 5) is 27.9. The lowest BCUT2D eigenvalue weighted by Crippen LogP contribution is -2.48. The summed E-state index contributed by atoms with van der Waals surface area (Å²) in [6, 6.07) is 8.24. The molecular weight excluding hydrogens is 332 g/mol. The number of ether oxygens (including phenoxy) is 1. The third kappa shape index (κ3) is 4.95. The van der Waals surface area contributed by atoms with Crippen molar-refractivity contribution in [2.24, 2.45) is 0 Å². The number of morpholine rings is 1. The Morgan fingerprint density at radius 2 is 2.00 bits per heavy atom. The average molecular weight is 360 g/mol. The van der Waals surface area contributed by atoms with Gasteiger partial charge in [-0.25, -0.2) is 0 Å². The van der Waals surface area contributed by atoms with Gasteiger partial charge in [-0.15, -0.1) is 0 Å². The van der Waals surface area contributed by atoms with Crippen molar-refractivity contribution >= 4 is 17.5 Å². The second-order valence-electron chi connectivity index (χ2n) is 6.83. The number of piperazine rings is 1. The van der Waals surface area contributed by atoms with E-state index in [9.17, 15) is 9.59 Å². The first-order valence-electron chi connectivity index (χ1n) is 9.29. The zero-order valence-corrected chi connectivity index (χ0v) is 15.4. The second kappa shape index (κ2) is 9.00. The monoisotopic (exact) mass is 360 g/mol. The van der Waals surface area contributed by atoms with E-state index in [0.717, 1.165) is 44.0 Å². The van der Waals surface area contributed by atoms with Crippen LogP contribution in [0.5, 0.6) is 0 Å². The highest BCUT2D eigenvalue weighted by atomic mass is 16.5. The van der Waals surface area contributed by atoms with Gasteiger partial charge in [0.05, 0.1) is 13.2 Å². The fourth-order valence-electron chi connectivity index (χ4n) is 3.47. The minimum absolute atomic E-state index is 0.0317. The number of amides is 2. The molecule has 2 fully saturated rings. The Kier molecular flexibility index (Phi) is 6.46. The number of para-hydroxylation sites is 1. The smallest absolute Gasteiger partial charge is 0.221 e. The first-order chi connectivity index (χ1) is 12.6. The van der Waals surface area contributed by atoms with E-state index in [0.29, 0.717) is 26.2 Å². The highest BCUT2D eigenvalue weighted by Crippen LogP contribution is 2.22. The highest BCUT2D eigenvalue weighted by Gasteiger charge is 2.21. The summed E-state index contributed by atoms with van der Waals surface area (Å²) in [5.41, 5.74) is 2.24. The van der Waals surface area contributed by atoms with E-state index in [4.69, 9.17) is 4.74 Å². The van der Waals surface area contributed by atoms with E-state index >= 15 is 0 Å². The fourth-order valence-corrected chi connectivity index (χ4v) is 3.47. The van der Waals surface area contributed by atoms with Crippen LogP contribution in [0.25, 0.3) is 0 Å². The summed E-state index contributed by atoms with van der Waals surface area (Å²) in [5, 5.41) is 6.33. The average Bonchev–Trinajstić information content (AvgIpc) is 2.67. The predicted octanol–water partition coefficient (Wildman–Crippen LogP) is 0.350. The highest BCUT2D eigenvalue weighted by molar-refractivity contribution is 5.77. The minimum atomic E-state index is 0.0317. The van der Waals surface area contributed by atoms with Crippen LogP contribution in [-0.2, 0) is 20.9 Å². The van der Waals surface area contributed by atoms with Gasteiger partial charge in [0, 0.05) is 64.3 Å². The molecule has 2 amide bonds.